The average Bonchev–Trinajstić information content (AvgIpc) is 2.75. The first kappa shape index (κ1) is 12.5. The molecule has 1 saturated carbocycles. The Hall–Kier alpha value is -1.48. The summed E-state index contributed by atoms with van der Waals surface area (Å²) in [6.07, 6.45) is 10.3. The predicted octanol–water partition coefficient (Wildman–Crippen LogP) is 3.63. The van der Waals surface area contributed by atoms with E-state index in [2.05, 4.69) is 9.97 Å². The highest BCUT2D eigenvalue weighted by molar-refractivity contribution is 5.77. The van der Waals surface area contributed by atoms with Crippen LogP contribution in [0.2, 0.25) is 0 Å². The lowest BCUT2D eigenvalue weighted by atomic mass is 9.89. The summed E-state index contributed by atoms with van der Waals surface area (Å²) in [5.41, 5.74) is 2.66. The van der Waals surface area contributed by atoms with Gasteiger partial charge in [-0.3, -0.25) is 9.97 Å². The first-order valence-corrected chi connectivity index (χ1v) is 7.24. The molecule has 0 saturated heterocycles. The van der Waals surface area contributed by atoms with Gasteiger partial charge in [0.1, 0.15) is 0 Å². The normalized spacial score (nSPS) is 19.2. The molecule has 1 atom stereocenters. The Morgan fingerprint density at radius 2 is 1.74 bits per heavy atom. The van der Waals surface area contributed by atoms with Gasteiger partial charge in [0.25, 0.3) is 0 Å². The average molecular weight is 256 g/mol. The third kappa shape index (κ3) is 2.61. The molecule has 0 aliphatic heterocycles. The van der Waals surface area contributed by atoms with Gasteiger partial charge >= 0.3 is 0 Å². The fraction of sp³-hybridized carbons (Fsp3) is 0.500. The zero-order valence-electron chi connectivity index (χ0n) is 11.1. The monoisotopic (exact) mass is 256 g/mol. The van der Waals surface area contributed by atoms with Crippen LogP contribution in [0.5, 0.6) is 0 Å². The van der Waals surface area contributed by atoms with Gasteiger partial charge in [0.2, 0.25) is 0 Å². The lowest BCUT2D eigenvalue weighted by Crippen LogP contribution is -2.12. The maximum Gasteiger partial charge on any atom is 0.0944 e. The smallest absolute Gasteiger partial charge is 0.0944 e. The Bertz CT molecular complexity index is 542. The topological polar surface area (TPSA) is 46.0 Å². The summed E-state index contributed by atoms with van der Waals surface area (Å²) in [7, 11) is 0. The van der Waals surface area contributed by atoms with E-state index in [4.69, 9.17) is 0 Å². The van der Waals surface area contributed by atoms with E-state index in [0.29, 0.717) is 5.92 Å². The number of benzene rings is 1. The minimum atomic E-state index is -0.404. The number of rotatable bonds is 2. The van der Waals surface area contributed by atoms with E-state index in [9.17, 15) is 5.11 Å². The zero-order valence-corrected chi connectivity index (χ0v) is 11.1. The third-order valence-electron chi connectivity index (χ3n) is 4.19. The number of hydrogen-bond acceptors (Lipinski definition) is 3. The first-order valence-electron chi connectivity index (χ1n) is 7.24. The molecule has 2 aromatic rings. The van der Waals surface area contributed by atoms with Crippen molar-refractivity contribution in [3.63, 3.8) is 0 Å². The number of aliphatic hydroxyl groups is 1. The van der Waals surface area contributed by atoms with Gasteiger partial charge < -0.3 is 5.11 Å². The Kier molecular flexibility index (Phi) is 3.74. The summed E-state index contributed by atoms with van der Waals surface area (Å²) < 4.78 is 0. The lowest BCUT2D eigenvalue weighted by molar-refractivity contribution is 0.0999. The van der Waals surface area contributed by atoms with Crippen LogP contribution in [0.4, 0.5) is 0 Å². The number of aromatic nitrogens is 2. The van der Waals surface area contributed by atoms with Gasteiger partial charge in [-0.05, 0) is 24.8 Å². The standard InChI is InChI=1S/C16H20N2O/c19-16(12-6-3-1-2-4-7-12)13-8-5-9-14-15(13)18-11-10-17-14/h5,8-12,16,19H,1-4,6-7H2. The number of nitrogens with zero attached hydrogens (tertiary/aromatic N) is 2. The molecule has 19 heavy (non-hydrogen) atoms. The van der Waals surface area contributed by atoms with Gasteiger partial charge in [-0.1, -0.05) is 37.8 Å². The quantitative estimate of drug-likeness (QED) is 0.834. The molecule has 1 heterocycles. The maximum atomic E-state index is 10.7. The van der Waals surface area contributed by atoms with Crippen molar-refractivity contribution in [2.45, 2.75) is 44.6 Å². The van der Waals surface area contributed by atoms with Crippen LogP contribution < -0.4 is 0 Å². The molecular weight excluding hydrogens is 236 g/mol. The van der Waals surface area contributed by atoms with Crippen molar-refractivity contribution >= 4 is 11.0 Å². The second-order valence-electron chi connectivity index (χ2n) is 5.47. The molecule has 1 N–H and O–H groups in total. The van der Waals surface area contributed by atoms with E-state index < -0.39 is 6.10 Å². The molecule has 100 valence electrons. The van der Waals surface area contributed by atoms with Crippen molar-refractivity contribution in [3.05, 3.63) is 36.2 Å². The number of aliphatic hydroxyl groups excluding tert-OH is 1. The van der Waals surface area contributed by atoms with Crippen LogP contribution in [0, 0.1) is 5.92 Å². The van der Waals surface area contributed by atoms with Gasteiger partial charge in [0.15, 0.2) is 0 Å². The highest BCUT2D eigenvalue weighted by atomic mass is 16.3. The molecule has 3 nitrogen and oxygen atoms in total. The Labute approximate surface area is 113 Å². The van der Waals surface area contributed by atoms with E-state index in [0.717, 1.165) is 29.4 Å². The second-order valence-corrected chi connectivity index (χ2v) is 5.47. The van der Waals surface area contributed by atoms with Gasteiger partial charge in [-0.2, -0.15) is 0 Å². The summed E-state index contributed by atoms with van der Waals surface area (Å²) >= 11 is 0. The summed E-state index contributed by atoms with van der Waals surface area (Å²) in [5, 5.41) is 10.7. The molecule has 0 amide bonds. The number of para-hydroxylation sites is 1. The molecular formula is C16H20N2O. The van der Waals surface area contributed by atoms with Crippen LogP contribution >= 0.6 is 0 Å². The highest BCUT2D eigenvalue weighted by Gasteiger charge is 2.24. The van der Waals surface area contributed by atoms with Gasteiger partial charge in [0.05, 0.1) is 17.1 Å². The van der Waals surface area contributed by atoms with Gasteiger partial charge in [-0.25, -0.2) is 0 Å². The molecule has 3 heteroatoms. The Balaban J connectivity index is 1.94. The number of fused-ring (bicyclic) bond motifs is 1. The minimum Gasteiger partial charge on any atom is -0.388 e. The van der Waals surface area contributed by atoms with Crippen LogP contribution in [-0.4, -0.2) is 15.1 Å². The van der Waals surface area contributed by atoms with E-state index in [-0.39, 0.29) is 0 Å². The fourth-order valence-electron chi connectivity index (χ4n) is 3.13. The largest absolute Gasteiger partial charge is 0.388 e. The van der Waals surface area contributed by atoms with Gasteiger partial charge in [-0.15, -0.1) is 0 Å². The lowest BCUT2D eigenvalue weighted by Gasteiger charge is -2.22. The van der Waals surface area contributed by atoms with Crippen molar-refractivity contribution in [1.82, 2.24) is 9.97 Å². The third-order valence-corrected chi connectivity index (χ3v) is 4.19. The summed E-state index contributed by atoms with van der Waals surface area (Å²) in [4.78, 5) is 8.71. The fourth-order valence-corrected chi connectivity index (χ4v) is 3.13. The predicted molar refractivity (Wildman–Crippen MR) is 75.7 cm³/mol. The van der Waals surface area contributed by atoms with Crippen molar-refractivity contribution in [2.75, 3.05) is 0 Å². The molecule has 0 spiro atoms. The van der Waals surface area contributed by atoms with E-state index in [1.165, 1.54) is 25.7 Å². The van der Waals surface area contributed by atoms with E-state index in [1.54, 1.807) is 12.4 Å². The van der Waals surface area contributed by atoms with Crippen molar-refractivity contribution < 1.29 is 5.11 Å². The molecule has 1 unspecified atom stereocenters. The van der Waals surface area contributed by atoms with Crippen molar-refractivity contribution in [2.24, 2.45) is 5.92 Å². The highest BCUT2D eigenvalue weighted by Crippen LogP contribution is 2.35. The van der Waals surface area contributed by atoms with Gasteiger partial charge in [0, 0.05) is 18.0 Å². The van der Waals surface area contributed by atoms with E-state index >= 15 is 0 Å². The Morgan fingerprint density at radius 3 is 2.53 bits per heavy atom. The zero-order chi connectivity index (χ0) is 13.1. The second kappa shape index (κ2) is 5.66. The van der Waals surface area contributed by atoms with Crippen LogP contribution in [0.3, 0.4) is 0 Å². The summed E-state index contributed by atoms with van der Waals surface area (Å²) in [6, 6.07) is 5.91. The molecule has 0 bridgehead atoms. The van der Waals surface area contributed by atoms with Crippen molar-refractivity contribution in [3.8, 4) is 0 Å². The molecule has 1 aliphatic rings. The molecule has 1 aromatic carbocycles. The first-order chi connectivity index (χ1) is 9.36. The summed E-state index contributed by atoms with van der Waals surface area (Å²) in [6.45, 7) is 0. The van der Waals surface area contributed by atoms with Crippen LogP contribution in [0.25, 0.3) is 11.0 Å². The van der Waals surface area contributed by atoms with Crippen LogP contribution in [0.1, 0.15) is 50.2 Å². The van der Waals surface area contributed by atoms with Crippen LogP contribution in [0.15, 0.2) is 30.6 Å². The number of hydrogen-bond donors (Lipinski definition) is 1. The SMILES string of the molecule is OC(c1cccc2nccnc12)C1CCCCCC1. The molecule has 1 aliphatic carbocycles. The Morgan fingerprint density at radius 1 is 1.00 bits per heavy atom. The molecule has 3 rings (SSSR count). The molecule has 1 aromatic heterocycles. The molecule has 0 radical (unpaired) electrons. The van der Waals surface area contributed by atoms with E-state index in [1.807, 2.05) is 18.2 Å². The maximum absolute atomic E-state index is 10.7. The summed E-state index contributed by atoms with van der Waals surface area (Å²) in [5.74, 6) is 0.370. The van der Waals surface area contributed by atoms with Crippen LogP contribution in [-0.2, 0) is 0 Å². The minimum absolute atomic E-state index is 0.370. The molecule has 1 fully saturated rings. The van der Waals surface area contributed by atoms with Crippen molar-refractivity contribution in [1.29, 1.82) is 0 Å².